The van der Waals surface area contributed by atoms with Crippen LogP contribution in [0.5, 0.6) is 0 Å². The van der Waals surface area contributed by atoms with E-state index >= 15 is 0 Å². The standard InChI is InChI=1S/C23H29FN4O2S/c1-27(17-8-13-30-14-9-17)22-21-20(10-15-31(21)29)25-23(26-22)28-11-6-16(7-12-28)18-4-2-3-5-19(18)24/h2-5,16-17H,6-15H2,1H3. The molecule has 2 aromatic rings. The zero-order valence-corrected chi connectivity index (χ0v) is 18.7. The molecule has 6 nitrogen and oxygen atoms in total. The molecule has 8 heteroatoms. The lowest BCUT2D eigenvalue weighted by Crippen LogP contribution is -2.39. The van der Waals surface area contributed by atoms with Crippen molar-refractivity contribution in [2.75, 3.05) is 48.9 Å². The van der Waals surface area contributed by atoms with E-state index in [1.54, 1.807) is 12.1 Å². The van der Waals surface area contributed by atoms with Crippen LogP contribution in [0.3, 0.4) is 0 Å². The summed E-state index contributed by atoms with van der Waals surface area (Å²) in [7, 11) is 1.02. The normalized spacial score (nSPS) is 22.5. The third kappa shape index (κ3) is 4.07. The first-order valence-corrected chi connectivity index (χ1v) is 12.5. The third-order valence-corrected chi connectivity index (χ3v) is 8.30. The zero-order chi connectivity index (χ0) is 21.4. The average molecular weight is 445 g/mol. The summed E-state index contributed by atoms with van der Waals surface area (Å²) in [5.74, 6) is 2.27. The molecule has 4 heterocycles. The van der Waals surface area contributed by atoms with Crippen LogP contribution < -0.4 is 9.80 Å². The molecule has 1 aromatic carbocycles. The molecule has 5 rings (SSSR count). The van der Waals surface area contributed by atoms with Gasteiger partial charge in [-0.15, -0.1) is 0 Å². The Hall–Kier alpha value is -2.06. The Bertz CT molecular complexity index is 974. The van der Waals surface area contributed by atoms with Gasteiger partial charge in [0.2, 0.25) is 5.95 Å². The van der Waals surface area contributed by atoms with Gasteiger partial charge in [-0.3, -0.25) is 4.21 Å². The molecule has 1 atom stereocenters. The highest BCUT2D eigenvalue weighted by atomic mass is 32.2. The molecule has 1 unspecified atom stereocenters. The minimum atomic E-state index is -1.04. The number of rotatable bonds is 4. The van der Waals surface area contributed by atoms with Crippen LogP contribution in [-0.2, 0) is 22.0 Å². The van der Waals surface area contributed by atoms with Gasteiger partial charge in [-0.05, 0) is 43.2 Å². The lowest BCUT2D eigenvalue weighted by molar-refractivity contribution is 0.0852. The van der Waals surface area contributed by atoms with Crippen LogP contribution in [0, 0.1) is 5.82 Å². The molecule has 166 valence electrons. The Balaban J connectivity index is 1.39. The number of aryl methyl sites for hydroxylation is 1. The van der Waals surface area contributed by atoms with Gasteiger partial charge in [0.05, 0.1) is 16.5 Å². The van der Waals surface area contributed by atoms with Crippen molar-refractivity contribution < 1.29 is 13.3 Å². The summed E-state index contributed by atoms with van der Waals surface area (Å²) < 4.78 is 32.5. The van der Waals surface area contributed by atoms with E-state index in [1.807, 2.05) is 12.1 Å². The predicted molar refractivity (Wildman–Crippen MR) is 120 cm³/mol. The van der Waals surface area contributed by atoms with Crippen LogP contribution in [0.4, 0.5) is 16.2 Å². The largest absolute Gasteiger partial charge is 0.381 e. The number of aromatic nitrogens is 2. The molecule has 3 aliphatic heterocycles. The van der Waals surface area contributed by atoms with Crippen molar-refractivity contribution in [3.05, 3.63) is 41.3 Å². The SMILES string of the molecule is CN(c1nc(N2CCC(c3ccccc3F)CC2)nc2c1S(=O)CC2)C1CCOCC1. The fourth-order valence-electron chi connectivity index (χ4n) is 4.99. The van der Waals surface area contributed by atoms with E-state index in [4.69, 9.17) is 14.7 Å². The second-order valence-corrected chi connectivity index (χ2v) is 10.2. The number of nitrogens with zero attached hydrogens (tertiary/aromatic N) is 4. The van der Waals surface area contributed by atoms with Gasteiger partial charge in [-0.25, -0.2) is 9.37 Å². The molecule has 2 fully saturated rings. The lowest BCUT2D eigenvalue weighted by Gasteiger charge is -2.35. The Morgan fingerprint density at radius 2 is 1.87 bits per heavy atom. The van der Waals surface area contributed by atoms with Crippen molar-refractivity contribution in [2.24, 2.45) is 0 Å². The molecule has 0 spiro atoms. The molecule has 0 N–H and O–H groups in total. The number of hydrogen-bond donors (Lipinski definition) is 0. The van der Waals surface area contributed by atoms with E-state index in [1.165, 1.54) is 0 Å². The fourth-order valence-corrected chi connectivity index (χ4v) is 6.37. The van der Waals surface area contributed by atoms with Crippen molar-refractivity contribution in [1.82, 2.24) is 9.97 Å². The van der Waals surface area contributed by atoms with Gasteiger partial charge in [-0.2, -0.15) is 4.98 Å². The van der Waals surface area contributed by atoms with Crippen molar-refractivity contribution in [1.29, 1.82) is 0 Å². The molecule has 3 aliphatic rings. The molecule has 0 bridgehead atoms. The van der Waals surface area contributed by atoms with Gasteiger partial charge in [0, 0.05) is 51.6 Å². The Morgan fingerprint density at radius 3 is 2.61 bits per heavy atom. The highest BCUT2D eigenvalue weighted by Gasteiger charge is 2.32. The van der Waals surface area contributed by atoms with Crippen molar-refractivity contribution >= 4 is 22.6 Å². The van der Waals surface area contributed by atoms with Gasteiger partial charge in [-0.1, -0.05) is 18.2 Å². The van der Waals surface area contributed by atoms with Gasteiger partial charge in [0.25, 0.3) is 0 Å². The van der Waals surface area contributed by atoms with E-state index < -0.39 is 10.8 Å². The molecule has 0 amide bonds. The zero-order valence-electron chi connectivity index (χ0n) is 17.9. The first-order chi connectivity index (χ1) is 15.1. The highest BCUT2D eigenvalue weighted by Crippen LogP contribution is 2.36. The van der Waals surface area contributed by atoms with Gasteiger partial charge < -0.3 is 14.5 Å². The summed E-state index contributed by atoms with van der Waals surface area (Å²) in [6.07, 6.45) is 4.38. The minimum Gasteiger partial charge on any atom is -0.381 e. The molecule has 2 saturated heterocycles. The van der Waals surface area contributed by atoms with Crippen molar-refractivity contribution in [2.45, 2.75) is 49.0 Å². The van der Waals surface area contributed by atoms with E-state index in [9.17, 15) is 8.60 Å². The van der Waals surface area contributed by atoms with Crippen LogP contribution in [0.1, 0.15) is 42.9 Å². The Morgan fingerprint density at radius 1 is 1.13 bits per heavy atom. The van der Waals surface area contributed by atoms with E-state index in [0.29, 0.717) is 11.8 Å². The number of benzene rings is 1. The van der Waals surface area contributed by atoms with Crippen LogP contribution >= 0.6 is 0 Å². The minimum absolute atomic E-state index is 0.113. The van der Waals surface area contributed by atoms with Gasteiger partial charge in [0.1, 0.15) is 10.7 Å². The Labute approximate surface area is 185 Å². The summed E-state index contributed by atoms with van der Waals surface area (Å²) in [6.45, 7) is 3.09. The quantitative estimate of drug-likeness (QED) is 0.721. The predicted octanol–water partition coefficient (Wildman–Crippen LogP) is 3.28. The summed E-state index contributed by atoms with van der Waals surface area (Å²) in [6, 6.07) is 7.44. The maximum absolute atomic E-state index is 14.2. The summed E-state index contributed by atoms with van der Waals surface area (Å²) in [5, 5.41) is 0. The van der Waals surface area contributed by atoms with Crippen LogP contribution in [0.15, 0.2) is 29.2 Å². The Kier molecular flexibility index (Phi) is 5.93. The number of piperidine rings is 1. The van der Waals surface area contributed by atoms with E-state index in [2.05, 4.69) is 16.8 Å². The van der Waals surface area contributed by atoms with E-state index in [0.717, 1.165) is 86.3 Å². The van der Waals surface area contributed by atoms with E-state index in [-0.39, 0.29) is 11.7 Å². The van der Waals surface area contributed by atoms with Crippen molar-refractivity contribution in [3.63, 3.8) is 0 Å². The number of anilines is 2. The molecule has 31 heavy (non-hydrogen) atoms. The summed E-state index contributed by atoms with van der Waals surface area (Å²) in [4.78, 5) is 15.0. The molecule has 0 radical (unpaired) electrons. The number of hydrogen-bond acceptors (Lipinski definition) is 6. The maximum Gasteiger partial charge on any atom is 0.227 e. The van der Waals surface area contributed by atoms with Crippen LogP contribution in [-0.4, -0.2) is 59.3 Å². The maximum atomic E-state index is 14.2. The lowest BCUT2D eigenvalue weighted by atomic mass is 9.89. The highest BCUT2D eigenvalue weighted by molar-refractivity contribution is 7.85. The summed E-state index contributed by atoms with van der Waals surface area (Å²) in [5.41, 5.74) is 1.74. The molecule has 1 aromatic heterocycles. The second-order valence-electron chi connectivity index (χ2n) is 8.66. The topological polar surface area (TPSA) is 58.6 Å². The molecular weight excluding hydrogens is 415 g/mol. The average Bonchev–Trinajstić information content (AvgIpc) is 3.20. The number of fused-ring (bicyclic) bond motifs is 1. The second kappa shape index (κ2) is 8.82. The first kappa shape index (κ1) is 20.8. The molecular formula is C23H29FN4O2S. The number of halogens is 1. The van der Waals surface area contributed by atoms with Gasteiger partial charge >= 0.3 is 0 Å². The molecule has 0 aliphatic carbocycles. The fraction of sp³-hybridized carbons (Fsp3) is 0.565. The van der Waals surface area contributed by atoms with Crippen LogP contribution in [0.2, 0.25) is 0 Å². The van der Waals surface area contributed by atoms with Gasteiger partial charge in [0.15, 0.2) is 5.82 Å². The number of ether oxygens (including phenoxy) is 1. The van der Waals surface area contributed by atoms with Crippen molar-refractivity contribution in [3.8, 4) is 0 Å². The third-order valence-electron chi connectivity index (χ3n) is 6.85. The smallest absolute Gasteiger partial charge is 0.227 e. The monoisotopic (exact) mass is 444 g/mol. The molecule has 0 saturated carbocycles. The first-order valence-electron chi connectivity index (χ1n) is 11.2. The van der Waals surface area contributed by atoms with Crippen LogP contribution in [0.25, 0.3) is 0 Å². The summed E-state index contributed by atoms with van der Waals surface area (Å²) >= 11 is 0.